The second-order valence-corrected chi connectivity index (χ2v) is 7.68. The van der Waals surface area contributed by atoms with Crippen LogP contribution in [0.3, 0.4) is 0 Å². The van der Waals surface area contributed by atoms with Gasteiger partial charge >= 0.3 is 0 Å². The molecule has 0 aliphatic carbocycles. The van der Waals surface area contributed by atoms with Crippen LogP contribution in [-0.2, 0) is 0 Å². The van der Waals surface area contributed by atoms with Gasteiger partial charge in [-0.2, -0.15) is 0 Å². The van der Waals surface area contributed by atoms with Gasteiger partial charge in [-0.15, -0.1) is 0 Å². The number of aromatic hydroxyl groups is 1. The van der Waals surface area contributed by atoms with Crippen molar-refractivity contribution in [1.29, 1.82) is 0 Å². The molecule has 0 radical (unpaired) electrons. The molecule has 3 heterocycles. The third-order valence-corrected chi connectivity index (χ3v) is 5.73. The van der Waals surface area contributed by atoms with E-state index in [-0.39, 0.29) is 23.7 Å². The molecule has 4 aromatic rings. The Hall–Kier alpha value is -3.71. The predicted molar refractivity (Wildman–Crippen MR) is 122 cm³/mol. The molecule has 2 aromatic carbocycles. The second kappa shape index (κ2) is 7.85. The Morgan fingerprint density at radius 2 is 1.65 bits per heavy atom. The highest BCUT2D eigenvalue weighted by Gasteiger charge is 2.42. The fourth-order valence-electron chi connectivity index (χ4n) is 4.02. The zero-order chi connectivity index (χ0) is 21.4. The molecule has 1 aliphatic heterocycles. The largest absolute Gasteiger partial charge is 0.508 e. The first-order valence-electron chi connectivity index (χ1n) is 9.85. The average Bonchev–Trinajstić information content (AvgIpc) is 3.40. The van der Waals surface area contributed by atoms with E-state index < -0.39 is 0 Å². The minimum absolute atomic E-state index is 0.204. The lowest BCUT2D eigenvalue weighted by Crippen LogP contribution is -2.30. The van der Waals surface area contributed by atoms with Gasteiger partial charge in [-0.25, -0.2) is 4.39 Å². The number of phenols is 1. The van der Waals surface area contributed by atoms with Gasteiger partial charge in [0.1, 0.15) is 17.6 Å². The van der Waals surface area contributed by atoms with Crippen LogP contribution in [0.4, 0.5) is 10.1 Å². The molecule has 5 rings (SSSR count). The molecular formula is C24H19FN4OS. The summed E-state index contributed by atoms with van der Waals surface area (Å²) in [6.07, 6.45) is 3.73. The molecule has 0 saturated carbocycles. The number of phenolic OH excluding ortho intramolecular Hbond substituents is 1. The Labute approximate surface area is 184 Å². The van der Waals surface area contributed by atoms with Crippen LogP contribution in [-0.4, -0.2) is 19.8 Å². The third-order valence-electron chi connectivity index (χ3n) is 5.41. The van der Waals surface area contributed by atoms with E-state index in [2.05, 4.69) is 14.9 Å². The summed E-state index contributed by atoms with van der Waals surface area (Å²) in [5.41, 5.74) is 3.55. The Morgan fingerprint density at radius 1 is 0.903 bits per heavy atom. The molecule has 31 heavy (non-hydrogen) atoms. The number of nitrogens with one attached hydrogen (secondary N) is 1. The lowest BCUT2D eigenvalue weighted by atomic mass is 10.0. The number of aromatic nitrogens is 2. The van der Waals surface area contributed by atoms with Crippen LogP contribution in [0.5, 0.6) is 5.75 Å². The molecule has 0 spiro atoms. The van der Waals surface area contributed by atoms with E-state index in [0.717, 1.165) is 22.8 Å². The topological polar surface area (TPSA) is 53.3 Å². The van der Waals surface area contributed by atoms with Crippen molar-refractivity contribution in [3.05, 3.63) is 108 Å². The van der Waals surface area contributed by atoms with Crippen LogP contribution in [0, 0.1) is 5.82 Å². The van der Waals surface area contributed by atoms with E-state index in [9.17, 15) is 9.50 Å². The number of hydrogen-bond acceptors (Lipinski definition) is 3. The first-order valence-corrected chi connectivity index (χ1v) is 10.3. The highest BCUT2D eigenvalue weighted by molar-refractivity contribution is 7.80. The molecule has 1 aliphatic rings. The first-order chi connectivity index (χ1) is 15.1. The lowest BCUT2D eigenvalue weighted by molar-refractivity contribution is 0.475. The molecule has 5 nitrogen and oxygen atoms in total. The molecule has 2 atom stereocenters. The molecular weight excluding hydrogens is 411 g/mol. The monoisotopic (exact) mass is 430 g/mol. The quantitative estimate of drug-likeness (QED) is 0.452. The van der Waals surface area contributed by atoms with Crippen molar-refractivity contribution < 1.29 is 9.50 Å². The average molecular weight is 431 g/mol. The van der Waals surface area contributed by atoms with Crippen molar-refractivity contribution in [1.82, 2.24) is 14.9 Å². The standard InChI is InChI=1S/C24H19FN4OS/c25-16-6-8-18(9-7-16)29-23(22(27-24(29)31)20-4-1-2-14-26-20)21-5-3-15-28(21)17-10-12-19(30)13-11-17/h1-15,22-23,30H,(H,27,31)/t22-,23-/m1/s1. The van der Waals surface area contributed by atoms with E-state index in [4.69, 9.17) is 12.2 Å². The number of halogens is 1. The van der Waals surface area contributed by atoms with Crippen molar-refractivity contribution in [2.75, 3.05) is 4.90 Å². The molecule has 1 fully saturated rings. The number of rotatable bonds is 4. The normalized spacial score (nSPS) is 18.2. The van der Waals surface area contributed by atoms with Gasteiger partial charge in [0.2, 0.25) is 0 Å². The van der Waals surface area contributed by atoms with Crippen molar-refractivity contribution in [2.45, 2.75) is 12.1 Å². The predicted octanol–water partition coefficient (Wildman–Crippen LogP) is 4.89. The van der Waals surface area contributed by atoms with E-state index >= 15 is 0 Å². The molecule has 0 unspecified atom stereocenters. The molecule has 0 bridgehead atoms. The summed E-state index contributed by atoms with van der Waals surface area (Å²) < 4.78 is 15.7. The summed E-state index contributed by atoms with van der Waals surface area (Å²) in [4.78, 5) is 6.56. The maximum Gasteiger partial charge on any atom is 0.174 e. The van der Waals surface area contributed by atoms with Crippen LogP contribution in [0.15, 0.2) is 91.3 Å². The second-order valence-electron chi connectivity index (χ2n) is 7.29. The van der Waals surface area contributed by atoms with Crippen LogP contribution in [0.25, 0.3) is 5.69 Å². The zero-order valence-corrected chi connectivity index (χ0v) is 17.2. The number of pyridine rings is 1. The van der Waals surface area contributed by atoms with E-state index in [1.165, 1.54) is 12.1 Å². The van der Waals surface area contributed by atoms with Crippen LogP contribution in [0.2, 0.25) is 0 Å². The van der Waals surface area contributed by atoms with Crippen LogP contribution < -0.4 is 10.2 Å². The van der Waals surface area contributed by atoms with E-state index in [1.807, 2.05) is 53.6 Å². The van der Waals surface area contributed by atoms with Gasteiger partial charge in [0, 0.05) is 29.5 Å². The maximum atomic E-state index is 13.6. The summed E-state index contributed by atoms with van der Waals surface area (Å²) in [5.74, 6) is -0.0902. The number of anilines is 1. The Bertz CT molecular complexity index is 1210. The van der Waals surface area contributed by atoms with Gasteiger partial charge < -0.3 is 19.9 Å². The van der Waals surface area contributed by atoms with Gasteiger partial charge in [0.05, 0.1) is 11.7 Å². The van der Waals surface area contributed by atoms with Gasteiger partial charge in [-0.1, -0.05) is 6.07 Å². The summed E-state index contributed by atoms with van der Waals surface area (Å²) in [5, 5.41) is 13.6. The molecule has 1 saturated heterocycles. The van der Waals surface area contributed by atoms with Gasteiger partial charge in [-0.3, -0.25) is 4.98 Å². The van der Waals surface area contributed by atoms with Crippen molar-refractivity contribution in [3.8, 4) is 11.4 Å². The summed E-state index contributed by atoms with van der Waals surface area (Å²) in [6.45, 7) is 0. The van der Waals surface area contributed by atoms with E-state index in [0.29, 0.717) is 5.11 Å². The van der Waals surface area contributed by atoms with Gasteiger partial charge in [0.15, 0.2) is 5.11 Å². The SMILES string of the molecule is Oc1ccc(-n2cccc2[C@@H]2[C@@H](c3ccccn3)NC(=S)N2c2ccc(F)cc2)cc1. The fraction of sp³-hybridized carbons (Fsp3) is 0.0833. The number of benzene rings is 2. The minimum atomic E-state index is -0.299. The van der Waals surface area contributed by atoms with Crippen molar-refractivity contribution in [2.24, 2.45) is 0 Å². The highest BCUT2D eigenvalue weighted by Crippen LogP contribution is 2.42. The molecule has 7 heteroatoms. The number of nitrogens with zero attached hydrogens (tertiary/aromatic N) is 3. The highest BCUT2D eigenvalue weighted by atomic mass is 32.1. The van der Waals surface area contributed by atoms with Crippen molar-refractivity contribution >= 4 is 23.0 Å². The molecule has 2 N–H and O–H groups in total. The smallest absolute Gasteiger partial charge is 0.174 e. The molecule has 154 valence electrons. The molecule has 2 aromatic heterocycles. The Balaban J connectivity index is 1.66. The number of hydrogen-bond donors (Lipinski definition) is 2. The lowest BCUT2D eigenvalue weighted by Gasteiger charge is -2.29. The molecule has 0 amide bonds. The Morgan fingerprint density at radius 3 is 2.35 bits per heavy atom. The van der Waals surface area contributed by atoms with Crippen LogP contribution in [0.1, 0.15) is 23.5 Å². The Kier molecular flexibility index (Phi) is 4.88. The van der Waals surface area contributed by atoms with Crippen LogP contribution >= 0.6 is 12.2 Å². The maximum absolute atomic E-state index is 13.6. The summed E-state index contributed by atoms with van der Waals surface area (Å²) in [7, 11) is 0. The van der Waals surface area contributed by atoms with E-state index in [1.54, 1.807) is 30.5 Å². The van der Waals surface area contributed by atoms with Gasteiger partial charge in [-0.05, 0) is 85.0 Å². The third kappa shape index (κ3) is 3.53. The minimum Gasteiger partial charge on any atom is -0.508 e. The first kappa shape index (κ1) is 19.3. The van der Waals surface area contributed by atoms with Gasteiger partial charge in [0.25, 0.3) is 0 Å². The fourth-order valence-corrected chi connectivity index (χ4v) is 4.36. The summed E-state index contributed by atoms with van der Waals surface area (Å²) in [6, 6.07) is 22.7. The number of thiocarbonyl (C=S) groups is 1. The zero-order valence-electron chi connectivity index (χ0n) is 16.4. The summed E-state index contributed by atoms with van der Waals surface area (Å²) >= 11 is 5.71. The van der Waals surface area contributed by atoms with Crippen molar-refractivity contribution in [3.63, 3.8) is 0 Å².